The molecule has 0 aliphatic carbocycles. The molecule has 7 heteroatoms. The number of anilines is 2. The van der Waals surface area contributed by atoms with Crippen LogP contribution in [-0.2, 0) is 0 Å². The highest BCUT2D eigenvalue weighted by atomic mass is 35.5. The third-order valence-corrected chi connectivity index (χ3v) is 4.21. The van der Waals surface area contributed by atoms with E-state index < -0.39 is 0 Å². The van der Waals surface area contributed by atoms with E-state index in [2.05, 4.69) is 20.2 Å². The highest BCUT2D eigenvalue weighted by Crippen LogP contribution is 2.26. The lowest BCUT2D eigenvalue weighted by Gasteiger charge is -2.17. The van der Waals surface area contributed by atoms with Crippen LogP contribution in [-0.4, -0.2) is 29.0 Å². The average molecular weight is 351 g/mol. The van der Waals surface area contributed by atoms with Gasteiger partial charge in [-0.2, -0.15) is 0 Å². The Kier molecular flexibility index (Phi) is 4.68. The maximum Gasteiger partial charge on any atom is 0.274 e. The molecule has 5 nitrogen and oxygen atoms in total. The van der Waals surface area contributed by atoms with Crippen molar-refractivity contribution < 1.29 is 4.79 Å². The van der Waals surface area contributed by atoms with Gasteiger partial charge < -0.3 is 10.2 Å². The molecule has 120 valence electrons. The molecule has 0 unspecified atom stereocenters. The van der Waals surface area contributed by atoms with Gasteiger partial charge in [0, 0.05) is 24.2 Å². The van der Waals surface area contributed by atoms with Gasteiger partial charge in [-0.05, 0) is 38.0 Å². The molecular weight excluding hydrogens is 335 g/mol. The van der Waals surface area contributed by atoms with Crippen LogP contribution in [0.25, 0.3) is 0 Å². The van der Waals surface area contributed by atoms with Gasteiger partial charge in [-0.3, -0.25) is 4.79 Å². The first-order valence-corrected chi connectivity index (χ1v) is 8.15. The van der Waals surface area contributed by atoms with Crippen molar-refractivity contribution in [3.63, 3.8) is 0 Å². The summed E-state index contributed by atoms with van der Waals surface area (Å²) in [5, 5.41) is 3.66. The Balaban J connectivity index is 1.84. The first-order chi connectivity index (χ1) is 11.0. The maximum atomic E-state index is 12.5. The Hall–Kier alpha value is -1.85. The molecule has 1 fully saturated rings. The molecule has 1 aliphatic rings. The molecule has 0 spiro atoms. The molecule has 0 radical (unpaired) electrons. The molecule has 0 bridgehead atoms. The summed E-state index contributed by atoms with van der Waals surface area (Å²) < 4.78 is 0. The fraction of sp³-hybridized carbons (Fsp3) is 0.312. The number of hydrogen-bond donors (Lipinski definition) is 1. The van der Waals surface area contributed by atoms with Crippen LogP contribution in [0.1, 0.15) is 29.2 Å². The van der Waals surface area contributed by atoms with Crippen molar-refractivity contribution in [2.45, 2.75) is 19.8 Å². The second-order valence-corrected chi connectivity index (χ2v) is 6.27. The number of halogens is 2. The van der Waals surface area contributed by atoms with Crippen molar-refractivity contribution in [1.82, 2.24) is 9.97 Å². The van der Waals surface area contributed by atoms with Crippen LogP contribution in [0, 0.1) is 6.92 Å². The van der Waals surface area contributed by atoms with Gasteiger partial charge in [0.25, 0.3) is 5.91 Å². The third kappa shape index (κ3) is 3.74. The molecule has 1 aromatic heterocycles. The molecule has 1 aromatic carbocycles. The van der Waals surface area contributed by atoms with Crippen molar-refractivity contribution in [3.05, 3.63) is 45.8 Å². The molecule has 1 N–H and O–H groups in total. The Morgan fingerprint density at radius 1 is 1.17 bits per heavy atom. The molecule has 2 heterocycles. The van der Waals surface area contributed by atoms with Crippen LogP contribution in [0.2, 0.25) is 10.0 Å². The zero-order valence-electron chi connectivity index (χ0n) is 12.6. The summed E-state index contributed by atoms with van der Waals surface area (Å²) in [5.41, 5.74) is 0.825. The maximum absolute atomic E-state index is 12.5. The average Bonchev–Trinajstić information content (AvgIpc) is 3.04. The molecule has 0 saturated carbocycles. The van der Waals surface area contributed by atoms with E-state index in [4.69, 9.17) is 23.2 Å². The highest BCUT2D eigenvalue weighted by molar-refractivity contribution is 6.36. The van der Waals surface area contributed by atoms with Gasteiger partial charge in [-0.1, -0.05) is 23.2 Å². The van der Waals surface area contributed by atoms with Crippen LogP contribution in [0.4, 0.5) is 11.5 Å². The number of aromatic nitrogens is 2. The van der Waals surface area contributed by atoms with E-state index in [-0.39, 0.29) is 5.91 Å². The number of nitrogens with zero attached hydrogens (tertiary/aromatic N) is 3. The molecule has 1 aliphatic heterocycles. The summed E-state index contributed by atoms with van der Waals surface area (Å²) in [6.07, 6.45) is 2.29. The third-order valence-electron chi connectivity index (χ3n) is 3.67. The zero-order valence-corrected chi connectivity index (χ0v) is 14.2. The first kappa shape index (κ1) is 16.0. The van der Waals surface area contributed by atoms with Gasteiger partial charge in [-0.25, -0.2) is 9.97 Å². The summed E-state index contributed by atoms with van der Waals surface area (Å²) in [4.78, 5) is 23.3. The van der Waals surface area contributed by atoms with Crippen molar-refractivity contribution in [3.8, 4) is 0 Å². The number of carbonyl (C=O) groups is 1. The molecule has 1 amide bonds. The normalized spacial score (nSPS) is 14.1. The quantitative estimate of drug-likeness (QED) is 0.910. The fourth-order valence-electron chi connectivity index (χ4n) is 2.55. The van der Waals surface area contributed by atoms with Crippen molar-refractivity contribution >= 4 is 40.6 Å². The van der Waals surface area contributed by atoms with Gasteiger partial charge in [0.15, 0.2) is 0 Å². The topological polar surface area (TPSA) is 58.1 Å². The van der Waals surface area contributed by atoms with Crippen LogP contribution >= 0.6 is 23.2 Å². The molecule has 0 atom stereocenters. The molecule has 2 aromatic rings. The number of hydrogen-bond acceptors (Lipinski definition) is 4. The van der Waals surface area contributed by atoms with E-state index in [1.54, 1.807) is 31.2 Å². The predicted octanol–water partition coefficient (Wildman–Crippen LogP) is 3.94. The summed E-state index contributed by atoms with van der Waals surface area (Å²) in [5.74, 6) is 1.05. The molecule has 1 saturated heterocycles. The van der Waals surface area contributed by atoms with Crippen LogP contribution < -0.4 is 10.2 Å². The first-order valence-electron chi connectivity index (χ1n) is 7.40. The number of carbonyl (C=O) groups excluding carboxylic acids is 1. The number of nitrogens with one attached hydrogen (secondary N) is 1. The Morgan fingerprint density at radius 2 is 1.91 bits per heavy atom. The Bertz CT molecular complexity index is 745. The SMILES string of the molecule is Cc1nc(C(=O)Nc2ccc(Cl)cc2Cl)cc(N2CCCC2)n1. The number of benzene rings is 1. The minimum atomic E-state index is -0.319. The van der Waals surface area contributed by atoms with E-state index in [9.17, 15) is 4.79 Å². The van der Waals surface area contributed by atoms with E-state index in [0.717, 1.165) is 31.7 Å². The smallest absolute Gasteiger partial charge is 0.274 e. The zero-order chi connectivity index (χ0) is 16.4. The van der Waals surface area contributed by atoms with Crippen LogP contribution in [0.15, 0.2) is 24.3 Å². The monoisotopic (exact) mass is 350 g/mol. The van der Waals surface area contributed by atoms with E-state index in [1.807, 2.05) is 0 Å². The van der Waals surface area contributed by atoms with Gasteiger partial charge >= 0.3 is 0 Å². The van der Waals surface area contributed by atoms with Crippen molar-refractivity contribution in [2.75, 3.05) is 23.3 Å². The summed E-state index contributed by atoms with van der Waals surface area (Å²) in [6, 6.07) is 6.64. The lowest BCUT2D eigenvalue weighted by Crippen LogP contribution is -2.22. The van der Waals surface area contributed by atoms with Gasteiger partial charge in [0.05, 0.1) is 10.7 Å². The number of rotatable bonds is 3. The Morgan fingerprint density at radius 3 is 2.61 bits per heavy atom. The van der Waals surface area contributed by atoms with Crippen molar-refractivity contribution in [2.24, 2.45) is 0 Å². The second kappa shape index (κ2) is 6.72. The van der Waals surface area contributed by atoms with Crippen LogP contribution in [0.5, 0.6) is 0 Å². The summed E-state index contributed by atoms with van der Waals surface area (Å²) in [6.45, 7) is 3.70. The highest BCUT2D eigenvalue weighted by Gasteiger charge is 2.18. The van der Waals surface area contributed by atoms with Gasteiger partial charge in [0.1, 0.15) is 17.3 Å². The largest absolute Gasteiger partial charge is 0.356 e. The minimum absolute atomic E-state index is 0.319. The van der Waals surface area contributed by atoms with E-state index >= 15 is 0 Å². The van der Waals surface area contributed by atoms with Crippen LogP contribution in [0.3, 0.4) is 0 Å². The number of aryl methyl sites for hydroxylation is 1. The summed E-state index contributed by atoms with van der Waals surface area (Å²) >= 11 is 11.9. The summed E-state index contributed by atoms with van der Waals surface area (Å²) in [7, 11) is 0. The molecule has 23 heavy (non-hydrogen) atoms. The van der Waals surface area contributed by atoms with E-state index in [0.29, 0.717) is 27.3 Å². The predicted molar refractivity (Wildman–Crippen MR) is 92.6 cm³/mol. The molecule has 3 rings (SSSR count). The van der Waals surface area contributed by atoms with Gasteiger partial charge in [0.2, 0.25) is 0 Å². The fourth-order valence-corrected chi connectivity index (χ4v) is 3.01. The lowest BCUT2D eigenvalue weighted by atomic mass is 10.3. The van der Waals surface area contributed by atoms with E-state index in [1.165, 1.54) is 0 Å². The molecular formula is C16H16Cl2N4O. The van der Waals surface area contributed by atoms with Gasteiger partial charge in [-0.15, -0.1) is 0 Å². The lowest BCUT2D eigenvalue weighted by molar-refractivity contribution is 0.102. The second-order valence-electron chi connectivity index (χ2n) is 5.43. The number of amides is 1. The standard InChI is InChI=1S/C16H16Cl2N4O/c1-10-19-14(9-15(20-10)22-6-2-3-7-22)16(23)21-13-5-4-11(17)8-12(13)18/h4-5,8-9H,2-3,6-7H2,1H3,(H,21,23). The van der Waals surface area contributed by atoms with Crippen molar-refractivity contribution in [1.29, 1.82) is 0 Å². The Labute approximate surface area is 144 Å². The minimum Gasteiger partial charge on any atom is -0.356 e.